The number of hydrogen-bond acceptors (Lipinski definition) is 9. The fraction of sp³-hybridized carbons (Fsp3) is 0.375. The van der Waals surface area contributed by atoms with E-state index in [0.717, 1.165) is 29.4 Å². The van der Waals surface area contributed by atoms with Gasteiger partial charge in [-0.25, -0.2) is 31.0 Å². The first-order valence-corrected chi connectivity index (χ1v) is 21.6. The minimum atomic E-state index is -3.90. The first-order valence-electron chi connectivity index (χ1n) is 19.3. The van der Waals surface area contributed by atoms with E-state index in [-0.39, 0.29) is 67.8 Å². The van der Waals surface area contributed by atoms with Crippen molar-refractivity contribution in [2.24, 2.45) is 13.0 Å². The Labute approximate surface area is 353 Å². The number of alkyl halides is 4. The molecule has 326 valence electrons. The lowest BCUT2D eigenvalue weighted by atomic mass is 10.0. The molecule has 2 fully saturated rings. The number of nitrogens with one attached hydrogen (secondary N) is 2. The van der Waals surface area contributed by atoms with Gasteiger partial charge >= 0.3 is 0 Å². The second-order valence-electron chi connectivity index (χ2n) is 15.8. The lowest BCUT2D eigenvalue weighted by molar-refractivity contribution is -0.123. The van der Waals surface area contributed by atoms with Gasteiger partial charge in [0.2, 0.25) is 15.9 Å². The van der Waals surface area contributed by atoms with E-state index in [2.05, 4.69) is 20.2 Å². The first kappa shape index (κ1) is 41.7. The molecule has 3 aromatic carbocycles. The number of fused-ring (bicyclic) bond motifs is 5. The van der Waals surface area contributed by atoms with E-state index in [1.165, 1.54) is 23.9 Å². The van der Waals surface area contributed by atoms with E-state index in [1.807, 2.05) is 4.90 Å². The number of anilines is 2. The van der Waals surface area contributed by atoms with Crippen molar-refractivity contribution in [3.05, 3.63) is 104 Å². The summed E-state index contributed by atoms with van der Waals surface area (Å²) >= 11 is 6.64. The molecule has 14 nitrogen and oxygen atoms in total. The third kappa shape index (κ3) is 7.22. The van der Waals surface area contributed by atoms with E-state index in [4.69, 9.17) is 21.3 Å². The molecule has 6 aromatic rings. The number of sulfonamides is 1. The molecule has 0 spiro atoms. The van der Waals surface area contributed by atoms with E-state index in [1.54, 1.807) is 25.3 Å². The van der Waals surface area contributed by atoms with Crippen LogP contribution in [0.4, 0.5) is 37.8 Å². The van der Waals surface area contributed by atoms with Crippen LogP contribution < -0.4 is 20.5 Å². The standard InChI is InChI=1S/C40H36ClF6N9O5S/c1-53-34-29(7-6-26(41)32(34)37(51-53)52-62(3,59)60)56-38(49-27-14-21(4-5-23(27)39(56)58)54-9-8-22(16-54)61-2)28(12-18-10-19(42)13-20(43)11-18)48-30(57)17-55-35-31(33(50-55)36(44)45)24-15-25(24)40(35,46)47/h4-7,10-11,13-14,22,24-25,28,36H,8-9,12,15-17H2,1-3H3,(H,48,57)(H,51,52)/t22-,24+,25-,28+/m1/s1. The molecule has 22 heteroatoms. The molecule has 3 aliphatic rings. The Kier molecular flexibility index (Phi) is 10.1. The highest BCUT2D eigenvalue weighted by Crippen LogP contribution is 2.68. The lowest BCUT2D eigenvalue weighted by Gasteiger charge is -2.25. The van der Waals surface area contributed by atoms with Gasteiger partial charge in [-0.3, -0.25) is 28.2 Å². The van der Waals surface area contributed by atoms with Crippen LogP contribution in [-0.4, -0.2) is 76.0 Å². The monoisotopic (exact) mass is 903 g/mol. The quantitative estimate of drug-likeness (QED) is 0.136. The van der Waals surface area contributed by atoms with Crippen LogP contribution >= 0.6 is 11.6 Å². The maximum absolute atomic E-state index is 15.5. The van der Waals surface area contributed by atoms with Crippen molar-refractivity contribution >= 4 is 60.8 Å². The van der Waals surface area contributed by atoms with Gasteiger partial charge in [0.05, 0.1) is 50.9 Å². The van der Waals surface area contributed by atoms with Gasteiger partial charge in [-0.05, 0) is 66.8 Å². The largest absolute Gasteiger partial charge is 0.380 e. The van der Waals surface area contributed by atoms with Crippen LogP contribution in [-0.2, 0) is 45.5 Å². The van der Waals surface area contributed by atoms with Crippen LogP contribution in [0.15, 0.2) is 53.3 Å². The molecule has 62 heavy (non-hydrogen) atoms. The molecule has 1 saturated carbocycles. The van der Waals surface area contributed by atoms with Crippen LogP contribution in [0.5, 0.6) is 0 Å². The Morgan fingerprint density at radius 2 is 1.82 bits per heavy atom. The summed E-state index contributed by atoms with van der Waals surface area (Å²) in [6.45, 7) is 0.187. The van der Waals surface area contributed by atoms with E-state index < -0.39 is 87.7 Å². The fourth-order valence-electron chi connectivity index (χ4n) is 8.92. The number of benzene rings is 3. The minimum Gasteiger partial charge on any atom is -0.380 e. The topological polar surface area (TPSA) is 158 Å². The number of ether oxygens (including phenoxy) is 1. The predicted octanol–water partition coefficient (Wildman–Crippen LogP) is 6.24. The number of rotatable bonds is 12. The second kappa shape index (κ2) is 15.0. The predicted molar refractivity (Wildman–Crippen MR) is 216 cm³/mol. The number of carbonyl (C=O) groups is 1. The number of methoxy groups -OCH3 is 1. The summed E-state index contributed by atoms with van der Waals surface area (Å²) in [5.41, 5.74) is -1.63. The Morgan fingerprint density at radius 3 is 2.50 bits per heavy atom. The van der Waals surface area contributed by atoms with Gasteiger partial charge in [0.1, 0.15) is 35.4 Å². The van der Waals surface area contributed by atoms with E-state index >= 15 is 13.6 Å². The van der Waals surface area contributed by atoms with Crippen LogP contribution in [0.25, 0.3) is 27.5 Å². The smallest absolute Gasteiger partial charge is 0.293 e. The lowest BCUT2D eigenvalue weighted by Crippen LogP contribution is -2.38. The van der Waals surface area contributed by atoms with Crippen molar-refractivity contribution in [2.75, 3.05) is 36.1 Å². The maximum atomic E-state index is 15.5. The van der Waals surface area contributed by atoms with Crippen molar-refractivity contribution in [3.8, 4) is 5.69 Å². The molecule has 0 radical (unpaired) electrons. The average Bonchev–Trinajstić information content (AvgIpc) is 3.42. The SMILES string of the molecule is CO[C@@H]1CCN(c2ccc3c(=O)n(-c4ccc(Cl)c5c(NS(C)(=O)=O)nn(C)c45)c([C@H](Cc4cc(F)cc(F)c4)NC(=O)Cn4nc(C(F)F)c5c4C(F)(F)[C@@H]4C[C@H]54)nc3c2)C1. The molecule has 0 unspecified atom stereocenters. The molecule has 1 aliphatic heterocycles. The Morgan fingerprint density at radius 1 is 1.08 bits per heavy atom. The van der Waals surface area contributed by atoms with Gasteiger partial charge in [0, 0.05) is 56.9 Å². The summed E-state index contributed by atoms with van der Waals surface area (Å²) in [5, 5.41) is 11.0. The van der Waals surface area contributed by atoms with Crippen LogP contribution in [0.2, 0.25) is 5.02 Å². The Balaban J connectivity index is 1.24. The summed E-state index contributed by atoms with van der Waals surface area (Å²) in [7, 11) is -0.833. The Hall–Kier alpha value is -5.67. The van der Waals surface area contributed by atoms with Gasteiger partial charge in [-0.15, -0.1) is 0 Å². The number of nitrogens with zero attached hydrogens (tertiary/aromatic N) is 7. The molecule has 2 aliphatic carbocycles. The van der Waals surface area contributed by atoms with Crippen LogP contribution in [0, 0.1) is 17.6 Å². The normalized spacial score (nSPS) is 19.7. The summed E-state index contributed by atoms with van der Waals surface area (Å²) in [4.78, 5) is 36.1. The molecule has 2 N–H and O–H groups in total. The van der Waals surface area contributed by atoms with Crippen molar-refractivity contribution < 1.29 is 44.3 Å². The number of carbonyl (C=O) groups excluding carboxylic acids is 1. The summed E-state index contributed by atoms with van der Waals surface area (Å²) in [6.07, 6.45) is -2.06. The fourth-order valence-corrected chi connectivity index (χ4v) is 9.66. The third-order valence-electron chi connectivity index (χ3n) is 11.6. The zero-order valence-corrected chi connectivity index (χ0v) is 34.5. The highest BCUT2D eigenvalue weighted by Gasteiger charge is 2.67. The van der Waals surface area contributed by atoms with Crippen molar-refractivity contribution in [1.29, 1.82) is 0 Å². The molecule has 1 amide bonds. The number of aromatic nitrogens is 6. The van der Waals surface area contributed by atoms with Crippen molar-refractivity contribution in [1.82, 2.24) is 34.4 Å². The highest BCUT2D eigenvalue weighted by molar-refractivity contribution is 7.92. The zero-order chi connectivity index (χ0) is 44.2. The Bertz CT molecular complexity index is 2990. The maximum Gasteiger partial charge on any atom is 0.293 e. The highest BCUT2D eigenvalue weighted by atomic mass is 35.5. The number of amides is 1. The summed E-state index contributed by atoms with van der Waals surface area (Å²) in [5.74, 6) is -8.92. The average molecular weight is 904 g/mol. The van der Waals surface area contributed by atoms with Crippen LogP contribution in [0.3, 0.4) is 0 Å². The molecule has 3 aromatic heterocycles. The van der Waals surface area contributed by atoms with E-state index in [9.17, 15) is 30.8 Å². The van der Waals surface area contributed by atoms with Crippen molar-refractivity contribution in [3.63, 3.8) is 0 Å². The van der Waals surface area contributed by atoms with Gasteiger partial charge in [-0.2, -0.15) is 19.0 Å². The van der Waals surface area contributed by atoms with Crippen molar-refractivity contribution in [2.45, 2.75) is 56.2 Å². The third-order valence-corrected chi connectivity index (χ3v) is 12.5. The summed E-state index contributed by atoms with van der Waals surface area (Å²) in [6, 6.07) is 8.91. The second-order valence-corrected chi connectivity index (χ2v) is 18.0. The van der Waals surface area contributed by atoms with Gasteiger partial charge in [0.25, 0.3) is 17.9 Å². The number of halogens is 7. The molecule has 1 saturated heterocycles. The first-order chi connectivity index (χ1) is 29.3. The molecule has 0 bridgehead atoms. The molecular weight excluding hydrogens is 868 g/mol. The molecule has 9 rings (SSSR count). The molecular formula is C40H36ClF6N9O5S. The number of hydrogen-bond donors (Lipinski definition) is 2. The van der Waals surface area contributed by atoms with Crippen LogP contribution in [0.1, 0.15) is 59.6 Å². The van der Waals surface area contributed by atoms with Gasteiger partial charge in [0.15, 0.2) is 5.82 Å². The van der Waals surface area contributed by atoms with Gasteiger partial charge < -0.3 is 15.0 Å². The minimum absolute atomic E-state index is 0.00190. The van der Waals surface area contributed by atoms with E-state index in [0.29, 0.717) is 29.5 Å². The van der Waals surface area contributed by atoms with Gasteiger partial charge in [-0.1, -0.05) is 11.6 Å². The summed E-state index contributed by atoms with van der Waals surface area (Å²) < 4.78 is 124. The molecule has 4 heterocycles. The number of aryl methyl sites for hydroxylation is 1. The molecule has 4 atom stereocenters. The zero-order valence-electron chi connectivity index (χ0n) is 33.0.